The fourth-order valence-corrected chi connectivity index (χ4v) is 3.73. The highest BCUT2D eigenvalue weighted by Gasteiger charge is 2.45. The van der Waals surface area contributed by atoms with E-state index in [0.717, 1.165) is 37.4 Å². The summed E-state index contributed by atoms with van der Waals surface area (Å²) in [5.41, 5.74) is 2.13. The van der Waals surface area contributed by atoms with Gasteiger partial charge in [-0.3, -0.25) is 4.79 Å². The zero-order chi connectivity index (χ0) is 15.0. The van der Waals surface area contributed by atoms with Crippen LogP contribution in [0, 0.1) is 5.41 Å². The molecular formula is C18H21N3O. The average molecular weight is 295 g/mol. The quantitative estimate of drug-likeness (QED) is 0.923. The number of hydrogen-bond acceptors (Lipinski definition) is 2. The van der Waals surface area contributed by atoms with E-state index in [9.17, 15) is 4.79 Å². The van der Waals surface area contributed by atoms with Crippen molar-refractivity contribution in [3.05, 3.63) is 54.4 Å². The number of rotatable bonds is 2. The summed E-state index contributed by atoms with van der Waals surface area (Å²) in [5.74, 6) is 0.161. The lowest BCUT2D eigenvalue weighted by atomic mass is 9.72. The molecule has 2 aromatic rings. The molecule has 0 unspecified atom stereocenters. The summed E-state index contributed by atoms with van der Waals surface area (Å²) >= 11 is 0. The van der Waals surface area contributed by atoms with Gasteiger partial charge in [-0.25, -0.2) is 0 Å². The van der Waals surface area contributed by atoms with Gasteiger partial charge < -0.3 is 14.8 Å². The van der Waals surface area contributed by atoms with E-state index in [-0.39, 0.29) is 5.91 Å². The van der Waals surface area contributed by atoms with E-state index in [1.807, 2.05) is 58.3 Å². The Morgan fingerprint density at radius 3 is 2.41 bits per heavy atom. The number of aromatic nitrogens is 1. The second-order valence-electron chi connectivity index (χ2n) is 6.52. The van der Waals surface area contributed by atoms with Gasteiger partial charge in [-0.05, 0) is 50.2 Å². The summed E-state index contributed by atoms with van der Waals surface area (Å²) in [7, 11) is 0. The van der Waals surface area contributed by atoms with E-state index in [1.54, 1.807) is 0 Å². The Morgan fingerprint density at radius 2 is 1.68 bits per heavy atom. The predicted octanol–water partition coefficient (Wildman–Crippen LogP) is 2.30. The highest BCUT2D eigenvalue weighted by Crippen LogP contribution is 2.39. The highest BCUT2D eigenvalue weighted by molar-refractivity contribution is 5.98. The van der Waals surface area contributed by atoms with Gasteiger partial charge in [0.05, 0.1) is 11.3 Å². The van der Waals surface area contributed by atoms with Crippen molar-refractivity contribution in [2.75, 3.05) is 26.2 Å². The molecule has 1 spiro atoms. The zero-order valence-corrected chi connectivity index (χ0v) is 12.7. The molecule has 0 bridgehead atoms. The number of benzene rings is 1. The van der Waals surface area contributed by atoms with Crippen molar-refractivity contribution in [1.29, 1.82) is 0 Å². The van der Waals surface area contributed by atoms with Crippen LogP contribution in [0.5, 0.6) is 0 Å². The topological polar surface area (TPSA) is 37.3 Å². The third kappa shape index (κ3) is 2.24. The molecule has 2 aliphatic heterocycles. The average Bonchev–Trinajstić information content (AvgIpc) is 3.07. The van der Waals surface area contributed by atoms with Gasteiger partial charge in [-0.1, -0.05) is 12.1 Å². The van der Waals surface area contributed by atoms with Gasteiger partial charge in [0.25, 0.3) is 5.91 Å². The summed E-state index contributed by atoms with van der Waals surface area (Å²) in [5, 5.41) is 3.40. The lowest BCUT2D eigenvalue weighted by Gasteiger charge is -2.52. The first-order chi connectivity index (χ1) is 10.8. The molecule has 4 nitrogen and oxygen atoms in total. The van der Waals surface area contributed by atoms with Crippen LogP contribution in [-0.4, -0.2) is 41.6 Å². The minimum Gasteiger partial charge on any atom is -0.337 e. The van der Waals surface area contributed by atoms with Crippen LogP contribution >= 0.6 is 0 Å². The van der Waals surface area contributed by atoms with Gasteiger partial charge in [-0.2, -0.15) is 0 Å². The molecule has 2 aliphatic rings. The monoisotopic (exact) mass is 295 g/mol. The van der Waals surface area contributed by atoms with Crippen molar-refractivity contribution in [3.8, 4) is 5.69 Å². The summed E-state index contributed by atoms with van der Waals surface area (Å²) in [4.78, 5) is 14.9. The van der Waals surface area contributed by atoms with Crippen molar-refractivity contribution in [1.82, 2.24) is 14.8 Å². The molecule has 0 radical (unpaired) electrons. The first kappa shape index (κ1) is 13.6. The van der Waals surface area contributed by atoms with Gasteiger partial charge in [0.15, 0.2) is 0 Å². The predicted molar refractivity (Wildman–Crippen MR) is 86.2 cm³/mol. The van der Waals surface area contributed by atoms with Crippen molar-refractivity contribution < 1.29 is 4.79 Å². The maximum atomic E-state index is 12.9. The van der Waals surface area contributed by atoms with E-state index in [4.69, 9.17) is 0 Å². The molecule has 0 saturated carbocycles. The van der Waals surface area contributed by atoms with E-state index < -0.39 is 0 Å². The fourth-order valence-electron chi connectivity index (χ4n) is 3.73. The Balaban J connectivity index is 1.55. The number of carbonyl (C=O) groups excluding carboxylic acids is 1. The van der Waals surface area contributed by atoms with Gasteiger partial charge in [0.1, 0.15) is 0 Å². The molecule has 1 aromatic carbocycles. The third-order valence-corrected chi connectivity index (χ3v) is 5.02. The number of likely N-dealkylation sites (tertiary alicyclic amines) is 1. The van der Waals surface area contributed by atoms with Crippen molar-refractivity contribution >= 4 is 5.91 Å². The molecular weight excluding hydrogens is 274 g/mol. The molecule has 4 heteroatoms. The van der Waals surface area contributed by atoms with Crippen LogP contribution in [0.2, 0.25) is 0 Å². The number of piperidine rings is 1. The molecule has 0 atom stereocenters. The van der Waals surface area contributed by atoms with Crippen LogP contribution in [0.1, 0.15) is 23.2 Å². The maximum absolute atomic E-state index is 12.9. The lowest BCUT2D eigenvalue weighted by Crippen LogP contribution is -2.61. The van der Waals surface area contributed by atoms with Gasteiger partial charge in [0.2, 0.25) is 0 Å². The molecule has 1 aromatic heterocycles. The number of para-hydroxylation sites is 1. The Bertz CT molecular complexity index is 663. The summed E-state index contributed by atoms with van der Waals surface area (Å²) in [6.07, 6.45) is 6.35. The van der Waals surface area contributed by atoms with Gasteiger partial charge in [-0.15, -0.1) is 0 Å². The molecule has 114 valence electrons. The maximum Gasteiger partial charge on any atom is 0.256 e. The smallest absolute Gasteiger partial charge is 0.256 e. The van der Waals surface area contributed by atoms with E-state index >= 15 is 0 Å². The van der Waals surface area contributed by atoms with Gasteiger partial charge >= 0.3 is 0 Å². The summed E-state index contributed by atoms with van der Waals surface area (Å²) in [6, 6.07) is 11.8. The molecule has 0 aliphatic carbocycles. The van der Waals surface area contributed by atoms with Crippen molar-refractivity contribution in [2.24, 2.45) is 5.41 Å². The number of nitrogens with one attached hydrogen (secondary N) is 1. The Hall–Kier alpha value is -2.07. The van der Waals surface area contributed by atoms with Gasteiger partial charge in [0, 0.05) is 30.9 Å². The van der Waals surface area contributed by atoms with Crippen LogP contribution < -0.4 is 5.32 Å². The van der Waals surface area contributed by atoms with E-state index in [2.05, 4.69) is 5.32 Å². The van der Waals surface area contributed by atoms with E-state index in [1.165, 1.54) is 12.8 Å². The van der Waals surface area contributed by atoms with Crippen LogP contribution in [0.25, 0.3) is 5.69 Å². The second-order valence-corrected chi connectivity index (χ2v) is 6.52. The second kappa shape index (κ2) is 5.29. The molecule has 22 heavy (non-hydrogen) atoms. The zero-order valence-electron chi connectivity index (χ0n) is 12.7. The Kier molecular flexibility index (Phi) is 3.26. The highest BCUT2D eigenvalue weighted by atomic mass is 16.2. The number of nitrogens with zero attached hydrogens (tertiary/aromatic N) is 2. The molecule has 4 rings (SSSR count). The SMILES string of the molecule is O=C(c1ccccc1-n1cccc1)N1CC2(CCNCC2)C1. The minimum absolute atomic E-state index is 0.161. The number of carbonyl (C=O) groups is 1. The molecule has 1 N–H and O–H groups in total. The molecule has 2 fully saturated rings. The minimum atomic E-state index is 0.161. The summed E-state index contributed by atoms with van der Waals surface area (Å²) in [6.45, 7) is 3.99. The lowest BCUT2D eigenvalue weighted by molar-refractivity contribution is -0.0113. The van der Waals surface area contributed by atoms with Crippen LogP contribution in [0.4, 0.5) is 0 Å². The van der Waals surface area contributed by atoms with Crippen molar-refractivity contribution in [2.45, 2.75) is 12.8 Å². The molecule has 2 saturated heterocycles. The van der Waals surface area contributed by atoms with Crippen LogP contribution in [0.15, 0.2) is 48.8 Å². The Labute approximate surface area is 130 Å². The van der Waals surface area contributed by atoms with Crippen molar-refractivity contribution in [3.63, 3.8) is 0 Å². The first-order valence-corrected chi connectivity index (χ1v) is 8.00. The number of amides is 1. The van der Waals surface area contributed by atoms with E-state index in [0.29, 0.717) is 5.41 Å². The Morgan fingerprint density at radius 1 is 1.00 bits per heavy atom. The molecule has 1 amide bonds. The third-order valence-electron chi connectivity index (χ3n) is 5.02. The normalized spacial score (nSPS) is 19.9. The standard InChI is InChI=1S/C18H21N3O/c22-17(21-13-18(14-21)7-9-19-10-8-18)15-5-1-2-6-16(15)20-11-3-4-12-20/h1-6,11-12,19H,7-10,13-14H2. The first-order valence-electron chi connectivity index (χ1n) is 8.00. The largest absolute Gasteiger partial charge is 0.337 e. The molecule has 3 heterocycles. The number of hydrogen-bond donors (Lipinski definition) is 1. The van der Waals surface area contributed by atoms with Crippen LogP contribution in [0.3, 0.4) is 0 Å². The fraction of sp³-hybridized carbons (Fsp3) is 0.389. The van der Waals surface area contributed by atoms with Crippen LogP contribution in [-0.2, 0) is 0 Å². The summed E-state index contributed by atoms with van der Waals surface area (Å²) < 4.78 is 2.01.